The van der Waals surface area contributed by atoms with Gasteiger partial charge in [0.15, 0.2) is 0 Å². The fourth-order valence-electron chi connectivity index (χ4n) is 1.16. The van der Waals surface area contributed by atoms with Crippen LogP contribution in [0.2, 0.25) is 0 Å². The topological polar surface area (TPSA) is 74.7 Å². The molecule has 1 rings (SSSR count). The third-order valence-corrected chi connectivity index (χ3v) is 3.84. The van der Waals surface area contributed by atoms with Crippen LogP contribution >= 0.6 is 22.6 Å². The largest absolute Gasteiger partial charge is 0.480 e. The van der Waals surface area contributed by atoms with Gasteiger partial charge in [0.2, 0.25) is 10.0 Å². The van der Waals surface area contributed by atoms with Gasteiger partial charge in [0, 0.05) is 3.57 Å². The zero-order valence-corrected chi connectivity index (χ0v) is 11.4. The molecular formula is C9H10INO4S. The van der Waals surface area contributed by atoms with Gasteiger partial charge in [-0.15, -0.1) is 0 Å². The zero-order valence-electron chi connectivity index (χ0n) is 8.42. The Morgan fingerprint density at radius 3 is 2.44 bits per heavy atom. The van der Waals surface area contributed by atoms with Crippen LogP contribution in [0.5, 0.6) is 0 Å². The average Bonchev–Trinajstić information content (AvgIpc) is 2.13. The molecule has 0 atom stereocenters. The molecule has 7 heteroatoms. The van der Waals surface area contributed by atoms with E-state index in [-0.39, 0.29) is 0 Å². The van der Waals surface area contributed by atoms with E-state index in [2.05, 4.69) is 0 Å². The molecule has 0 aliphatic carbocycles. The minimum Gasteiger partial charge on any atom is -0.480 e. The molecule has 0 radical (unpaired) electrons. The van der Waals surface area contributed by atoms with Gasteiger partial charge in [0.05, 0.1) is 11.9 Å². The SMILES string of the molecule is CS(=O)(=O)N(CC(=O)O)c1ccccc1I. The zero-order chi connectivity index (χ0) is 12.3. The van der Waals surface area contributed by atoms with Crippen LogP contribution in [0.25, 0.3) is 0 Å². The van der Waals surface area contributed by atoms with E-state index in [4.69, 9.17) is 5.11 Å². The third-order valence-electron chi connectivity index (χ3n) is 1.80. The molecule has 0 saturated heterocycles. The van der Waals surface area contributed by atoms with Crippen molar-refractivity contribution < 1.29 is 18.3 Å². The van der Waals surface area contributed by atoms with Crippen LogP contribution in [0.15, 0.2) is 24.3 Å². The summed E-state index contributed by atoms with van der Waals surface area (Å²) in [4.78, 5) is 10.6. The van der Waals surface area contributed by atoms with Crippen molar-refractivity contribution in [3.05, 3.63) is 27.8 Å². The van der Waals surface area contributed by atoms with E-state index < -0.39 is 22.5 Å². The molecule has 0 heterocycles. The van der Waals surface area contributed by atoms with E-state index in [0.717, 1.165) is 10.6 Å². The van der Waals surface area contributed by atoms with Gasteiger partial charge in [0.1, 0.15) is 6.54 Å². The summed E-state index contributed by atoms with van der Waals surface area (Å²) >= 11 is 1.96. The van der Waals surface area contributed by atoms with Gasteiger partial charge < -0.3 is 5.11 Å². The Balaban J connectivity index is 3.22. The Morgan fingerprint density at radius 2 is 2.00 bits per heavy atom. The maximum absolute atomic E-state index is 11.5. The van der Waals surface area contributed by atoms with Crippen molar-refractivity contribution in [2.24, 2.45) is 0 Å². The molecule has 0 amide bonds. The van der Waals surface area contributed by atoms with Gasteiger partial charge >= 0.3 is 5.97 Å². The van der Waals surface area contributed by atoms with Crippen molar-refractivity contribution in [3.8, 4) is 0 Å². The number of anilines is 1. The lowest BCUT2D eigenvalue weighted by atomic mass is 10.3. The molecule has 0 aliphatic heterocycles. The molecule has 1 aromatic rings. The second-order valence-corrected chi connectivity index (χ2v) is 6.18. The molecular weight excluding hydrogens is 345 g/mol. The summed E-state index contributed by atoms with van der Waals surface area (Å²) in [5.74, 6) is -1.19. The van der Waals surface area contributed by atoms with Gasteiger partial charge in [-0.3, -0.25) is 9.10 Å². The van der Waals surface area contributed by atoms with Crippen molar-refractivity contribution >= 4 is 44.3 Å². The van der Waals surface area contributed by atoms with Crippen molar-refractivity contribution in [1.82, 2.24) is 0 Å². The minimum absolute atomic E-state index is 0.382. The molecule has 5 nitrogen and oxygen atoms in total. The van der Waals surface area contributed by atoms with Gasteiger partial charge in [-0.2, -0.15) is 0 Å². The summed E-state index contributed by atoms with van der Waals surface area (Å²) in [6.45, 7) is -0.571. The summed E-state index contributed by atoms with van der Waals surface area (Å²) in [5.41, 5.74) is 0.382. The Labute approximate surface area is 107 Å². The molecule has 0 spiro atoms. The Hall–Kier alpha value is -0.830. The highest BCUT2D eigenvalue weighted by Gasteiger charge is 2.21. The lowest BCUT2D eigenvalue weighted by molar-refractivity contribution is -0.135. The molecule has 0 aliphatic rings. The van der Waals surface area contributed by atoms with E-state index >= 15 is 0 Å². The average molecular weight is 355 g/mol. The predicted octanol–water partition coefficient (Wildman–Crippen LogP) is 1.14. The fraction of sp³-hybridized carbons (Fsp3) is 0.222. The molecule has 0 bridgehead atoms. The monoisotopic (exact) mass is 355 g/mol. The summed E-state index contributed by atoms with van der Waals surface area (Å²) in [6.07, 6.45) is 0.985. The number of hydrogen-bond donors (Lipinski definition) is 1. The number of carbonyl (C=O) groups is 1. The van der Waals surface area contributed by atoms with Crippen molar-refractivity contribution in [3.63, 3.8) is 0 Å². The number of carboxylic acids is 1. The van der Waals surface area contributed by atoms with Gasteiger partial charge in [-0.1, -0.05) is 12.1 Å². The van der Waals surface area contributed by atoms with Crippen LogP contribution in [0.1, 0.15) is 0 Å². The number of hydrogen-bond acceptors (Lipinski definition) is 3. The van der Waals surface area contributed by atoms with E-state index in [0.29, 0.717) is 9.26 Å². The normalized spacial score (nSPS) is 11.1. The molecule has 88 valence electrons. The number of rotatable bonds is 4. The van der Waals surface area contributed by atoms with Crippen LogP contribution in [0.3, 0.4) is 0 Å². The number of aliphatic carboxylic acids is 1. The highest BCUT2D eigenvalue weighted by molar-refractivity contribution is 14.1. The molecule has 1 N–H and O–H groups in total. The minimum atomic E-state index is -3.59. The van der Waals surface area contributed by atoms with Crippen molar-refractivity contribution in [2.75, 3.05) is 17.1 Å². The maximum atomic E-state index is 11.5. The van der Waals surface area contributed by atoms with Crippen molar-refractivity contribution in [1.29, 1.82) is 0 Å². The van der Waals surface area contributed by atoms with E-state index in [1.54, 1.807) is 24.3 Å². The third kappa shape index (κ3) is 3.34. The quantitative estimate of drug-likeness (QED) is 0.822. The molecule has 0 saturated carbocycles. The maximum Gasteiger partial charge on any atom is 0.324 e. The Morgan fingerprint density at radius 1 is 1.44 bits per heavy atom. The van der Waals surface area contributed by atoms with Crippen molar-refractivity contribution in [2.45, 2.75) is 0 Å². The second kappa shape index (κ2) is 5.00. The summed E-state index contributed by atoms with van der Waals surface area (Å²) in [5, 5.41) is 8.69. The van der Waals surface area contributed by atoms with Gasteiger partial charge in [-0.05, 0) is 34.7 Å². The van der Waals surface area contributed by atoms with E-state index in [1.807, 2.05) is 22.6 Å². The van der Waals surface area contributed by atoms with Gasteiger partial charge in [-0.25, -0.2) is 8.42 Å². The lowest BCUT2D eigenvalue weighted by Gasteiger charge is -2.21. The number of sulfonamides is 1. The summed E-state index contributed by atoms with van der Waals surface area (Å²) < 4.78 is 24.5. The lowest BCUT2D eigenvalue weighted by Crippen LogP contribution is -2.35. The number of carboxylic acid groups (broad SMARTS) is 1. The Kier molecular flexibility index (Phi) is 4.14. The smallest absolute Gasteiger partial charge is 0.324 e. The highest BCUT2D eigenvalue weighted by Crippen LogP contribution is 2.23. The predicted molar refractivity (Wildman–Crippen MR) is 69.0 cm³/mol. The van der Waals surface area contributed by atoms with Crippen LogP contribution in [-0.4, -0.2) is 32.3 Å². The fourth-order valence-corrected chi connectivity index (χ4v) is 2.86. The van der Waals surface area contributed by atoms with Crippen LogP contribution in [0, 0.1) is 3.57 Å². The van der Waals surface area contributed by atoms with E-state index in [9.17, 15) is 13.2 Å². The first kappa shape index (κ1) is 13.2. The summed E-state index contributed by atoms with van der Waals surface area (Å²) in [7, 11) is -3.59. The van der Waals surface area contributed by atoms with E-state index in [1.165, 1.54) is 0 Å². The number of para-hydroxylation sites is 1. The second-order valence-electron chi connectivity index (χ2n) is 3.11. The number of benzene rings is 1. The molecule has 16 heavy (non-hydrogen) atoms. The first-order valence-electron chi connectivity index (χ1n) is 4.26. The number of nitrogens with zero attached hydrogens (tertiary/aromatic N) is 1. The Bertz CT molecular complexity index is 500. The molecule has 0 aromatic heterocycles. The van der Waals surface area contributed by atoms with Gasteiger partial charge in [0.25, 0.3) is 0 Å². The molecule has 0 unspecified atom stereocenters. The standard InChI is InChI=1S/C9H10INO4S/c1-16(14,15)11(6-9(12)13)8-5-3-2-4-7(8)10/h2-5H,6H2,1H3,(H,12,13). The first-order chi connectivity index (χ1) is 7.32. The van der Waals surface area contributed by atoms with Crippen LogP contribution < -0.4 is 4.31 Å². The highest BCUT2D eigenvalue weighted by atomic mass is 127. The molecule has 0 fully saturated rings. The number of halogens is 1. The van der Waals surface area contributed by atoms with Crippen LogP contribution in [-0.2, 0) is 14.8 Å². The first-order valence-corrected chi connectivity index (χ1v) is 7.19. The van der Waals surface area contributed by atoms with Crippen LogP contribution in [0.4, 0.5) is 5.69 Å². The summed E-state index contributed by atoms with van der Waals surface area (Å²) in [6, 6.07) is 6.71. The molecule has 1 aromatic carbocycles.